The molecule has 4 unspecified atom stereocenters. The standard InChI is InChI=1S/C100H148O4S4/c1-11-19-27-35-39-47-53-75(51-43-31-23-15-5)64-79-66-82-81(83-68-85(95(101)93(79)83)89-60-59-73(9)105-89)67-80(65-76(52-44-32-24-16-6)54-48-40-36-28-20-12-2)94-84(82)69-86(96(94)102)90-61-62-91(107-90)92-70-88-98(104-72-78(56-46-34-26-18-8)58-50-42-38-30-22-14-4)99-87(63-74(10)106-99)97(100(88)108-92)103-71-77(55-45-33-25-17-7)57-49-41-37-29-21-13-3/h59-63,66-70,75-78H,11-58,64-65,71-72H2,1-10H3. The van der Waals surface area contributed by atoms with Crippen LogP contribution in [0.15, 0.2) is 70.3 Å². The number of aryl methyl sites for hydroxylation is 2. The molecule has 4 atom stereocenters. The van der Waals surface area contributed by atoms with E-state index in [4.69, 9.17) is 9.47 Å². The number of fused-ring (bicyclic) bond motifs is 7. The number of hydrogen-bond donors (Lipinski definition) is 0. The summed E-state index contributed by atoms with van der Waals surface area (Å²) in [4.78, 5) is 38.9. The molecule has 0 bridgehead atoms. The third kappa shape index (κ3) is 25.8. The van der Waals surface area contributed by atoms with Crippen LogP contribution in [0.1, 0.15) is 384 Å². The first kappa shape index (κ1) is 87.6. The van der Waals surface area contributed by atoms with E-state index in [-0.39, 0.29) is 10.9 Å². The first-order valence-electron chi connectivity index (χ1n) is 45.6. The molecule has 0 saturated heterocycles. The van der Waals surface area contributed by atoms with E-state index in [0.717, 1.165) is 90.8 Å². The number of unbranched alkanes of at least 4 members (excludes halogenated alkanes) is 32. The Morgan fingerprint density at radius 1 is 0.278 bits per heavy atom. The van der Waals surface area contributed by atoms with E-state index < -0.39 is 0 Å². The minimum absolute atomic E-state index is 0.175. The van der Waals surface area contributed by atoms with Gasteiger partial charge in [0.2, 0.25) is 0 Å². The molecule has 4 heterocycles. The molecule has 8 heteroatoms. The molecule has 0 aliphatic carbocycles. The van der Waals surface area contributed by atoms with Gasteiger partial charge in [-0.25, -0.2) is 0 Å². The molecule has 0 fully saturated rings. The van der Waals surface area contributed by atoms with E-state index in [9.17, 15) is 0 Å². The van der Waals surface area contributed by atoms with Crippen molar-refractivity contribution in [3.05, 3.63) is 102 Å². The van der Waals surface area contributed by atoms with Crippen molar-refractivity contribution in [3.8, 4) is 42.1 Å². The predicted molar refractivity (Wildman–Crippen MR) is 486 cm³/mol. The van der Waals surface area contributed by atoms with Crippen LogP contribution in [0.3, 0.4) is 0 Å². The van der Waals surface area contributed by atoms with Gasteiger partial charge in [-0.15, -0.1) is 45.3 Å². The van der Waals surface area contributed by atoms with Crippen molar-refractivity contribution >= 4 is 97.8 Å². The Bertz CT molecular complexity index is 4010. The lowest BCUT2D eigenvalue weighted by Crippen LogP contribution is -2.14. The molecule has 0 amide bonds. The Kier molecular flexibility index (Phi) is 39.5. The molecule has 108 heavy (non-hydrogen) atoms. The lowest BCUT2D eigenvalue weighted by atomic mass is 9.84. The van der Waals surface area contributed by atoms with E-state index in [2.05, 4.69) is 130 Å². The van der Waals surface area contributed by atoms with Gasteiger partial charge in [-0.3, -0.25) is 9.59 Å². The molecule has 0 N–H and O–H groups in total. The molecule has 5 aromatic carbocycles. The zero-order valence-corrected chi connectivity index (χ0v) is 73.4. The molecule has 0 aliphatic rings. The molecule has 0 aliphatic heterocycles. The van der Waals surface area contributed by atoms with Crippen LogP contribution in [-0.4, -0.2) is 13.2 Å². The van der Waals surface area contributed by atoms with E-state index in [0.29, 0.717) is 23.7 Å². The quantitative estimate of drug-likeness (QED) is 0.0357. The Labute approximate surface area is 673 Å². The van der Waals surface area contributed by atoms with Gasteiger partial charge in [0.1, 0.15) is 11.5 Å². The van der Waals surface area contributed by atoms with Gasteiger partial charge in [0.15, 0.2) is 10.9 Å². The van der Waals surface area contributed by atoms with Gasteiger partial charge >= 0.3 is 0 Å². The monoisotopic (exact) mass is 1540 g/mol. The van der Waals surface area contributed by atoms with Crippen LogP contribution in [0.2, 0.25) is 0 Å². The van der Waals surface area contributed by atoms with Crippen molar-refractivity contribution in [1.82, 2.24) is 0 Å². The number of thiophene rings is 4. The second kappa shape index (κ2) is 48.7. The fourth-order valence-corrected chi connectivity index (χ4v) is 22.2. The molecule has 4 nitrogen and oxygen atoms in total. The van der Waals surface area contributed by atoms with Gasteiger partial charge in [0, 0.05) is 61.9 Å². The van der Waals surface area contributed by atoms with E-state index >= 15 is 9.59 Å². The van der Waals surface area contributed by atoms with Crippen molar-refractivity contribution in [1.29, 1.82) is 0 Å². The van der Waals surface area contributed by atoms with Gasteiger partial charge in [-0.2, -0.15) is 0 Å². The lowest BCUT2D eigenvalue weighted by molar-refractivity contribution is 0.226. The molecular weight excluding hydrogens is 1390 g/mol. The zero-order valence-electron chi connectivity index (χ0n) is 70.1. The molecular formula is C100H148O4S4. The van der Waals surface area contributed by atoms with Gasteiger partial charge < -0.3 is 9.47 Å². The molecule has 0 saturated carbocycles. The number of ether oxygens (including phenoxy) is 2. The van der Waals surface area contributed by atoms with Gasteiger partial charge in [0.25, 0.3) is 0 Å². The maximum Gasteiger partial charge on any atom is 0.195 e. The molecule has 0 spiro atoms. The fourth-order valence-electron chi connectivity index (χ4n) is 18.0. The summed E-state index contributed by atoms with van der Waals surface area (Å²) in [6.07, 6.45) is 62.9. The smallest absolute Gasteiger partial charge is 0.195 e. The van der Waals surface area contributed by atoms with Gasteiger partial charge in [0.05, 0.1) is 22.6 Å². The summed E-state index contributed by atoms with van der Waals surface area (Å²) in [5.74, 6) is 4.10. The van der Waals surface area contributed by atoms with Crippen molar-refractivity contribution in [2.24, 2.45) is 23.7 Å². The van der Waals surface area contributed by atoms with Gasteiger partial charge in [-0.1, -0.05) is 338 Å². The molecule has 9 rings (SSSR count). The Morgan fingerprint density at radius 3 is 0.963 bits per heavy atom. The number of rotatable bonds is 61. The van der Waals surface area contributed by atoms with Crippen LogP contribution in [0, 0.1) is 37.5 Å². The summed E-state index contributed by atoms with van der Waals surface area (Å²) < 4.78 is 17.4. The summed E-state index contributed by atoms with van der Waals surface area (Å²) in [6.45, 7) is 24.5. The van der Waals surface area contributed by atoms with Crippen molar-refractivity contribution in [2.75, 3.05) is 13.2 Å². The average Bonchev–Trinajstić information content (AvgIpc) is 1.55. The highest BCUT2D eigenvalue weighted by Gasteiger charge is 2.29. The third-order valence-electron chi connectivity index (χ3n) is 24.5. The van der Waals surface area contributed by atoms with Crippen LogP contribution in [-0.2, 0) is 12.8 Å². The maximum atomic E-state index is 16.3. The Balaban J connectivity index is 1.19. The first-order valence-corrected chi connectivity index (χ1v) is 48.8. The highest BCUT2D eigenvalue weighted by Crippen LogP contribution is 2.53. The van der Waals surface area contributed by atoms with E-state index in [1.807, 2.05) is 22.7 Å². The Morgan fingerprint density at radius 2 is 0.593 bits per heavy atom. The summed E-state index contributed by atoms with van der Waals surface area (Å²) in [6, 6.07) is 23.3. The molecule has 9 aromatic rings. The fraction of sp³-hybridized carbons (Fsp3) is 0.660. The van der Waals surface area contributed by atoms with Gasteiger partial charge in [-0.05, 0) is 169 Å². The normalized spacial score (nSPS) is 13.3. The van der Waals surface area contributed by atoms with Crippen molar-refractivity contribution in [3.63, 3.8) is 0 Å². The van der Waals surface area contributed by atoms with Crippen LogP contribution in [0.4, 0.5) is 0 Å². The summed E-state index contributed by atoms with van der Waals surface area (Å²) in [5, 5.41) is 8.74. The second-order valence-electron chi connectivity index (χ2n) is 33.8. The maximum absolute atomic E-state index is 16.3. The minimum Gasteiger partial charge on any atom is -0.491 e. The first-order chi connectivity index (χ1) is 53.0. The molecule has 596 valence electrons. The van der Waals surface area contributed by atoms with E-state index in [1.54, 1.807) is 22.7 Å². The van der Waals surface area contributed by atoms with Crippen molar-refractivity contribution in [2.45, 2.75) is 390 Å². The van der Waals surface area contributed by atoms with Crippen LogP contribution >= 0.6 is 45.3 Å². The number of benzene rings is 3. The summed E-state index contributed by atoms with van der Waals surface area (Å²) in [5.41, 5.74) is 4.41. The summed E-state index contributed by atoms with van der Waals surface area (Å²) in [7, 11) is 0. The highest BCUT2D eigenvalue weighted by molar-refractivity contribution is 7.27. The lowest BCUT2D eigenvalue weighted by Gasteiger charge is -2.21. The largest absolute Gasteiger partial charge is 0.491 e. The van der Waals surface area contributed by atoms with Crippen LogP contribution in [0.25, 0.3) is 83.1 Å². The van der Waals surface area contributed by atoms with E-state index in [1.165, 1.54) is 359 Å². The minimum atomic E-state index is 0.175. The number of hydrogen-bond acceptors (Lipinski definition) is 8. The predicted octanol–water partition coefficient (Wildman–Crippen LogP) is 34.1. The highest BCUT2D eigenvalue weighted by atomic mass is 32.1. The Hall–Kier alpha value is -4.34. The second-order valence-corrected chi connectivity index (χ2v) is 38.5. The SMILES string of the molecule is CCCCCCCCC(CCCCCC)COc1c2cc(-c3ccc(-c4cc5c(c(CC(CCCCCC)CCCCCCCC)cc6c7cc(-c8ccc(C)s8)c(=O)c7c(CC(CCCCCC)CCCCCCCC)cc56)c4=O)s3)sc2c(OCC(CCCCCC)CCCCCCCC)c2cc(C)sc12. The topological polar surface area (TPSA) is 52.6 Å². The zero-order chi connectivity index (χ0) is 76.2. The van der Waals surface area contributed by atoms with Crippen molar-refractivity contribution < 1.29 is 9.47 Å². The van der Waals surface area contributed by atoms with Crippen LogP contribution < -0.4 is 20.3 Å². The van der Waals surface area contributed by atoms with Crippen LogP contribution in [0.5, 0.6) is 11.5 Å². The third-order valence-corrected chi connectivity index (χ3v) is 29.0. The molecule has 4 aromatic heterocycles. The summed E-state index contributed by atoms with van der Waals surface area (Å²) >= 11 is 7.30. The average molecular weight is 1540 g/mol. The molecule has 0 radical (unpaired) electrons.